The Kier molecular flexibility index (Phi) is 7.51. The molecule has 0 bridgehead atoms. The summed E-state index contributed by atoms with van der Waals surface area (Å²) < 4.78 is 40.2. The Hall–Kier alpha value is -2.93. The van der Waals surface area contributed by atoms with E-state index >= 15 is 0 Å². The maximum atomic E-state index is 12.9. The maximum Gasteiger partial charge on any atom is 0.416 e. The second kappa shape index (κ2) is 10.1. The number of benzene rings is 1. The Morgan fingerprint density at radius 3 is 2.69 bits per heavy atom. The molecule has 13 heteroatoms. The van der Waals surface area contributed by atoms with Crippen LogP contribution in [0.1, 0.15) is 25.2 Å². The fourth-order valence-electron chi connectivity index (χ4n) is 2.68. The van der Waals surface area contributed by atoms with Gasteiger partial charge in [0.15, 0.2) is 10.3 Å². The first kappa shape index (κ1) is 23.7. The van der Waals surface area contributed by atoms with E-state index in [4.69, 9.17) is 0 Å². The van der Waals surface area contributed by atoms with Crippen molar-refractivity contribution in [3.63, 3.8) is 0 Å². The average molecular weight is 485 g/mol. The number of amides is 2. The largest absolute Gasteiger partial charge is 0.416 e. The first-order valence-corrected chi connectivity index (χ1v) is 11.2. The van der Waals surface area contributed by atoms with Gasteiger partial charge in [-0.05, 0) is 32.0 Å². The summed E-state index contributed by atoms with van der Waals surface area (Å²) in [4.78, 5) is 28.7. The van der Waals surface area contributed by atoms with E-state index in [0.29, 0.717) is 22.7 Å². The molecule has 0 spiro atoms. The van der Waals surface area contributed by atoms with Crippen LogP contribution in [0, 0.1) is 0 Å². The number of aromatic nitrogens is 4. The van der Waals surface area contributed by atoms with Crippen molar-refractivity contribution in [1.82, 2.24) is 19.7 Å². The lowest BCUT2D eigenvalue weighted by Crippen LogP contribution is -2.23. The van der Waals surface area contributed by atoms with Crippen molar-refractivity contribution in [2.24, 2.45) is 0 Å². The normalized spacial score (nSPS) is 12.4. The molecule has 0 aliphatic heterocycles. The van der Waals surface area contributed by atoms with Crippen LogP contribution in [0.15, 0.2) is 41.0 Å². The zero-order valence-electron chi connectivity index (χ0n) is 17.0. The topological polar surface area (TPSA) is 102 Å². The minimum Gasteiger partial charge on any atom is -0.326 e. The molecule has 1 atom stereocenters. The van der Waals surface area contributed by atoms with Gasteiger partial charge < -0.3 is 15.2 Å². The number of anilines is 2. The summed E-state index contributed by atoms with van der Waals surface area (Å²) in [5.74, 6) is -0.441. The molecule has 8 nitrogen and oxygen atoms in total. The van der Waals surface area contributed by atoms with Gasteiger partial charge in [-0.2, -0.15) is 13.2 Å². The predicted molar refractivity (Wildman–Crippen MR) is 116 cm³/mol. The number of nitrogens with zero attached hydrogens (tertiary/aromatic N) is 4. The van der Waals surface area contributed by atoms with Gasteiger partial charge in [-0.15, -0.1) is 21.5 Å². The van der Waals surface area contributed by atoms with Crippen molar-refractivity contribution in [3.8, 4) is 0 Å². The van der Waals surface area contributed by atoms with Gasteiger partial charge >= 0.3 is 6.18 Å². The van der Waals surface area contributed by atoms with Gasteiger partial charge in [0, 0.05) is 23.8 Å². The molecule has 3 rings (SSSR count). The van der Waals surface area contributed by atoms with Crippen molar-refractivity contribution >= 4 is 45.7 Å². The molecular weight excluding hydrogens is 465 g/mol. The number of carbonyl (C=O) groups excluding carboxylic acids is 2. The molecular formula is C19H19F3N6O2S2. The number of nitrogens with one attached hydrogen (secondary N) is 2. The molecule has 170 valence electrons. The number of rotatable bonds is 8. The molecule has 2 aromatic heterocycles. The summed E-state index contributed by atoms with van der Waals surface area (Å²) in [6, 6.07) is 4.40. The van der Waals surface area contributed by atoms with Crippen molar-refractivity contribution in [2.75, 3.05) is 10.6 Å². The van der Waals surface area contributed by atoms with Crippen LogP contribution in [0.3, 0.4) is 0 Å². The lowest BCUT2D eigenvalue weighted by atomic mass is 10.2. The summed E-state index contributed by atoms with van der Waals surface area (Å²) >= 11 is 2.48. The van der Waals surface area contributed by atoms with E-state index in [0.717, 1.165) is 12.1 Å². The van der Waals surface area contributed by atoms with E-state index < -0.39 is 22.9 Å². The smallest absolute Gasteiger partial charge is 0.326 e. The van der Waals surface area contributed by atoms with Gasteiger partial charge in [0.05, 0.1) is 17.2 Å². The Morgan fingerprint density at radius 1 is 1.25 bits per heavy atom. The number of hydrogen-bond acceptors (Lipinski definition) is 7. The van der Waals surface area contributed by atoms with E-state index in [9.17, 15) is 22.8 Å². The predicted octanol–water partition coefficient (Wildman–Crippen LogP) is 4.07. The van der Waals surface area contributed by atoms with E-state index in [-0.39, 0.29) is 18.0 Å². The third-order valence-electron chi connectivity index (χ3n) is 4.22. The van der Waals surface area contributed by atoms with Crippen molar-refractivity contribution in [1.29, 1.82) is 0 Å². The molecule has 3 aromatic rings. The van der Waals surface area contributed by atoms with Gasteiger partial charge in [0.25, 0.3) is 0 Å². The van der Waals surface area contributed by atoms with Crippen LogP contribution in [0.2, 0.25) is 0 Å². The zero-order valence-corrected chi connectivity index (χ0v) is 18.6. The Morgan fingerprint density at radius 2 is 2.03 bits per heavy atom. The van der Waals surface area contributed by atoms with E-state index in [2.05, 4.69) is 25.8 Å². The number of halogens is 3. The van der Waals surface area contributed by atoms with Crippen LogP contribution in [0.5, 0.6) is 0 Å². The van der Waals surface area contributed by atoms with Crippen LogP contribution >= 0.6 is 23.1 Å². The number of thioether (sulfide) groups is 1. The minimum atomic E-state index is -4.50. The fraction of sp³-hybridized carbons (Fsp3) is 0.316. The first-order valence-electron chi connectivity index (χ1n) is 9.43. The summed E-state index contributed by atoms with van der Waals surface area (Å²) in [5, 5.41) is 15.4. The molecule has 2 amide bonds. The first-order chi connectivity index (χ1) is 15.2. The molecule has 0 saturated carbocycles. The number of hydrogen-bond donors (Lipinski definition) is 2. The molecule has 2 heterocycles. The molecule has 0 aliphatic rings. The molecule has 0 aliphatic carbocycles. The maximum absolute atomic E-state index is 12.9. The lowest BCUT2D eigenvalue weighted by Gasteiger charge is -2.12. The number of alkyl halides is 3. The molecule has 0 fully saturated rings. The van der Waals surface area contributed by atoms with Gasteiger partial charge in [-0.25, -0.2) is 4.98 Å². The molecule has 32 heavy (non-hydrogen) atoms. The molecule has 2 N–H and O–H groups in total. The van der Waals surface area contributed by atoms with Crippen LogP contribution in [-0.4, -0.2) is 36.8 Å². The summed E-state index contributed by atoms with van der Waals surface area (Å²) in [7, 11) is 0. The molecule has 0 radical (unpaired) electrons. The highest BCUT2D eigenvalue weighted by molar-refractivity contribution is 8.00. The monoisotopic (exact) mass is 484 g/mol. The summed E-state index contributed by atoms with van der Waals surface area (Å²) in [6.07, 6.45) is -3.10. The number of carbonyl (C=O) groups is 2. The quantitative estimate of drug-likeness (QED) is 0.468. The Balaban J connectivity index is 1.64. The second-order valence-electron chi connectivity index (χ2n) is 6.53. The van der Waals surface area contributed by atoms with Gasteiger partial charge in [0.2, 0.25) is 11.8 Å². The minimum absolute atomic E-state index is 0.0365. The van der Waals surface area contributed by atoms with E-state index in [1.807, 2.05) is 6.92 Å². The van der Waals surface area contributed by atoms with Gasteiger partial charge in [0.1, 0.15) is 5.82 Å². The standard InChI is InChI=1S/C19H19F3N6O2S2/c1-3-28-14(10-15(29)24-13-6-4-5-12(9-13)19(20,21)22)26-27-18(28)32-11(2)16(30)25-17-23-7-8-31-17/h4-9,11H,3,10H2,1-2H3,(H,24,29)(H,23,25,30). The molecule has 0 saturated heterocycles. The molecule has 1 unspecified atom stereocenters. The van der Waals surface area contributed by atoms with Crippen molar-refractivity contribution in [2.45, 2.75) is 43.4 Å². The zero-order chi connectivity index (χ0) is 23.3. The lowest BCUT2D eigenvalue weighted by molar-refractivity contribution is -0.137. The van der Waals surface area contributed by atoms with E-state index in [1.54, 1.807) is 23.1 Å². The third-order valence-corrected chi connectivity index (χ3v) is 5.98. The van der Waals surface area contributed by atoms with Crippen LogP contribution in [0.25, 0.3) is 0 Å². The third kappa shape index (κ3) is 6.07. The summed E-state index contributed by atoms with van der Waals surface area (Å²) in [6.45, 7) is 3.99. The number of thiazole rings is 1. The second-order valence-corrected chi connectivity index (χ2v) is 8.74. The van der Waals surface area contributed by atoms with Gasteiger partial charge in [-0.3, -0.25) is 9.59 Å². The Labute approximate surface area is 189 Å². The highest BCUT2D eigenvalue weighted by atomic mass is 32.2. The highest BCUT2D eigenvalue weighted by Crippen LogP contribution is 2.30. The van der Waals surface area contributed by atoms with Crippen molar-refractivity contribution < 1.29 is 22.8 Å². The average Bonchev–Trinajstić information content (AvgIpc) is 3.37. The SMILES string of the molecule is CCn1c(CC(=O)Nc2cccc(C(F)(F)F)c2)nnc1SC(C)C(=O)Nc1nccs1. The van der Waals surface area contributed by atoms with E-state index in [1.165, 1.54) is 35.2 Å². The van der Waals surface area contributed by atoms with Crippen LogP contribution < -0.4 is 10.6 Å². The van der Waals surface area contributed by atoms with Crippen molar-refractivity contribution in [3.05, 3.63) is 47.2 Å². The summed E-state index contributed by atoms with van der Waals surface area (Å²) in [5.41, 5.74) is -0.815. The molecule has 1 aromatic carbocycles. The van der Waals surface area contributed by atoms with Gasteiger partial charge in [-0.1, -0.05) is 17.8 Å². The fourth-order valence-corrected chi connectivity index (χ4v) is 4.14. The Bertz CT molecular complexity index is 1090. The van der Waals surface area contributed by atoms with Crippen LogP contribution in [-0.2, 0) is 28.7 Å². The highest BCUT2D eigenvalue weighted by Gasteiger charge is 2.30. The van der Waals surface area contributed by atoms with Crippen LogP contribution in [0.4, 0.5) is 24.0 Å².